The molecule has 0 aliphatic rings. The zero-order chi connectivity index (χ0) is 18.7. The van der Waals surface area contributed by atoms with Crippen LogP contribution in [0.15, 0.2) is 28.8 Å². The summed E-state index contributed by atoms with van der Waals surface area (Å²) >= 11 is 5.99. The van der Waals surface area contributed by atoms with Crippen molar-refractivity contribution in [1.29, 1.82) is 0 Å². The summed E-state index contributed by atoms with van der Waals surface area (Å²) in [4.78, 5) is 8.10. The topological polar surface area (TPSA) is 70.3 Å². The maximum atomic E-state index is 13.1. The summed E-state index contributed by atoms with van der Waals surface area (Å²) in [6.45, 7) is 4.09. The molecule has 0 fully saturated rings. The zero-order valence-electron chi connectivity index (χ0n) is 14.1. The van der Waals surface area contributed by atoms with Gasteiger partial charge in [-0.1, -0.05) is 16.8 Å². The molecule has 0 saturated carbocycles. The van der Waals surface area contributed by atoms with Crippen LogP contribution in [0.1, 0.15) is 43.8 Å². The van der Waals surface area contributed by atoms with E-state index in [0.29, 0.717) is 28.4 Å². The quantitative estimate of drug-likeness (QED) is 0.578. The Balaban J connectivity index is 1.85. The number of ether oxygens (including phenoxy) is 2. The third-order valence-corrected chi connectivity index (χ3v) is 3.83. The third-order valence-electron chi connectivity index (χ3n) is 3.59. The second-order valence-electron chi connectivity index (χ2n) is 5.44. The Kier molecular flexibility index (Phi) is 5.63. The Morgan fingerprint density at radius 1 is 1.23 bits per heavy atom. The smallest absolute Gasteiger partial charge is 0.280 e. The molecule has 26 heavy (non-hydrogen) atoms. The van der Waals surface area contributed by atoms with Gasteiger partial charge in [-0.15, -0.1) is 0 Å². The molecule has 9 heteroatoms. The summed E-state index contributed by atoms with van der Waals surface area (Å²) in [6, 6.07) is 5.93. The molecular weight excluding hydrogens is 368 g/mol. The van der Waals surface area contributed by atoms with E-state index < -0.39 is 6.43 Å². The van der Waals surface area contributed by atoms with Crippen LogP contribution >= 0.6 is 11.6 Å². The largest absolute Gasteiger partial charge is 0.483 e. The van der Waals surface area contributed by atoms with Crippen molar-refractivity contribution in [3.05, 3.63) is 46.7 Å². The van der Waals surface area contributed by atoms with Crippen molar-refractivity contribution in [3.63, 3.8) is 0 Å². The fourth-order valence-corrected chi connectivity index (χ4v) is 2.55. The van der Waals surface area contributed by atoms with Gasteiger partial charge < -0.3 is 14.0 Å². The van der Waals surface area contributed by atoms with Crippen LogP contribution in [0.2, 0.25) is 5.02 Å². The fraction of sp³-hybridized carbons (Fsp3) is 0.353. The number of benzene rings is 1. The van der Waals surface area contributed by atoms with Gasteiger partial charge in [-0.25, -0.2) is 13.8 Å². The number of rotatable bonds is 7. The number of hydrogen-bond donors (Lipinski definition) is 0. The van der Waals surface area contributed by atoms with Gasteiger partial charge in [-0.2, -0.15) is 4.98 Å². The van der Waals surface area contributed by atoms with Crippen molar-refractivity contribution in [3.8, 4) is 5.75 Å². The van der Waals surface area contributed by atoms with Gasteiger partial charge in [0.15, 0.2) is 12.4 Å². The van der Waals surface area contributed by atoms with E-state index in [1.807, 2.05) is 6.92 Å². The third kappa shape index (κ3) is 4.08. The first-order valence-corrected chi connectivity index (χ1v) is 8.31. The maximum Gasteiger partial charge on any atom is 0.280 e. The maximum absolute atomic E-state index is 13.1. The van der Waals surface area contributed by atoms with Crippen molar-refractivity contribution in [2.24, 2.45) is 0 Å². The van der Waals surface area contributed by atoms with E-state index in [1.54, 1.807) is 25.1 Å². The van der Waals surface area contributed by atoms with E-state index in [0.717, 1.165) is 0 Å². The zero-order valence-corrected chi connectivity index (χ0v) is 14.8. The molecule has 0 radical (unpaired) electrons. The number of fused-ring (bicyclic) bond motifs is 1. The summed E-state index contributed by atoms with van der Waals surface area (Å²) in [5.41, 5.74) is -0.0237. The first kappa shape index (κ1) is 18.5. The first-order chi connectivity index (χ1) is 12.5. The summed E-state index contributed by atoms with van der Waals surface area (Å²) in [6.07, 6.45) is -3.04. The van der Waals surface area contributed by atoms with Crippen molar-refractivity contribution in [2.45, 2.75) is 33.0 Å². The SMILES string of the molecule is CCOC(C)c1noc(COc2cc(C(F)F)nc3ccc(Cl)cc23)n1. The number of alkyl halides is 2. The molecule has 0 amide bonds. The summed E-state index contributed by atoms with van der Waals surface area (Å²) in [5, 5.41) is 4.79. The highest BCUT2D eigenvalue weighted by Gasteiger charge is 2.17. The summed E-state index contributed by atoms with van der Waals surface area (Å²) in [7, 11) is 0. The Hall–Kier alpha value is -2.32. The van der Waals surface area contributed by atoms with Crippen LogP contribution in [0.4, 0.5) is 8.78 Å². The normalized spacial score (nSPS) is 12.7. The minimum Gasteiger partial charge on any atom is -0.483 e. The monoisotopic (exact) mass is 383 g/mol. The Morgan fingerprint density at radius 3 is 2.77 bits per heavy atom. The van der Waals surface area contributed by atoms with Gasteiger partial charge >= 0.3 is 0 Å². The molecule has 0 bridgehead atoms. The van der Waals surface area contributed by atoms with Crippen LogP contribution in [0, 0.1) is 0 Å². The predicted octanol–water partition coefficient (Wildman–Crippen LogP) is 4.89. The van der Waals surface area contributed by atoms with Gasteiger partial charge in [0.25, 0.3) is 12.3 Å². The van der Waals surface area contributed by atoms with Crippen molar-refractivity contribution in [1.82, 2.24) is 15.1 Å². The predicted molar refractivity (Wildman–Crippen MR) is 90.4 cm³/mol. The lowest BCUT2D eigenvalue weighted by Crippen LogP contribution is -2.03. The average Bonchev–Trinajstić information content (AvgIpc) is 3.09. The molecule has 1 unspecified atom stereocenters. The molecule has 0 saturated heterocycles. The van der Waals surface area contributed by atoms with Crippen LogP contribution in [-0.2, 0) is 11.3 Å². The molecule has 0 aliphatic carbocycles. The number of pyridine rings is 1. The number of nitrogens with zero attached hydrogens (tertiary/aromatic N) is 3. The van der Waals surface area contributed by atoms with Crippen molar-refractivity contribution in [2.75, 3.05) is 6.61 Å². The second kappa shape index (κ2) is 7.92. The van der Waals surface area contributed by atoms with Gasteiger partial charge in [0.05, 0.1) is 5.52 Å². The van der Waals surface area contributed by atoms with Gasteiger partial charge in [0.2, 0.25) is 0 Å². The molecule has 2 heterocycles. The lowest BCUT2D eigenvalue weighted by Gasteiger charge is -2.10. The second-order valence-corrected chi connectivity index (χ2v) is 5.88. The van der Waals surface area contributed by atoms with E-state index >= 15 is 0 Å². The van der Waals surface area contributed by atoms with Gasteiger partial charge in [0.1, 0.15) is 17.5 Å². The Labute approximate surface area is 153 Å². The first-order valence-electron chi connectivity index (χ1n) is 7.93. The van der Waals surface area contributed by atoms with E-state index in [1.165, 1.54) is 6.07 Å². The highest BCUT2D eigenvalue weighted by molar-refractivity contribution is 6.31. The Morgan fingerprint density at radius 2 is 2.04 bits per heavy atom. The molecule has 0 N–H and O–H groups in total. The minimum absolute atomic E-state index is 0.0832. The average molecular weight is 384 g/mol. The van der Waals surface area contributed by atoms with Gasteiger partial charge in [0, 0.05) is 23.1 Å². The molecule has 0 spiro atoms. The minimum atomic E-state index is -2.72. The number of halogens is 3. The van der Waals surface area contributed by atoms with E-state index in [4.69, 9.17) is 25.6 Å². The number of hydrogen-bond acceptors (Lipinski definition) is 6. The van der Waals surface area contributed by atoms with Crippen LogP contribution in [0.3, 0.4) is 0 Å². The molecule has 0 aliphatic heterocycles. The van der Waals surface area contributed by atoms with Gasteiger partial charge in [-0.05, 0) is 32.0 Å². The van der Waals surface area contributed by atoms with Crippen molar-refractivity contribution < 1.29 is 22.8 Å². The molecule has 3 rings (SSSR count). The number of aromatic nitrogens is 3. The van der Waals surface area contributed by atoms with Crippen molar-refractivity contribution >= 4 is 22.5 Å². The lowest BCUT2D eigenvalue weighted by molar-refractivity contribution is 0.0683. The summed E-state index contributed by atoms with van der Waals surface area (Å²) < 4.78 is 42.3. The van der Waals surface area contributed by atoms with Crippen LogP contribution < -0.4 is 4.74 Å². The standard InChI is InChI=1S/C17H16ClF2N3O3/c1-3-24-9(2)17-22-15(26-23-17)8-25-14-7-13(16(19)20)21-12-5-4-10(18)6-11(12)14/h4-7,9,16H,3,8H2,1-2H3. The highest BCUT2D eigenvalue weighted by Crippen LogP contribution is 2.31. The van der Waals surface area contributed by atoms with E-state index in [9.17, 15) is 8.78 Å². The molecule has 2 aromatic heterocycles. The van der Waals surface area contributed by atoms with Crippen LogP contribution in [0.5, 0.6) is 5.75 Å². The summed E-state index contributed by atoms with van der Waals surface area (Å²) in [5.74, 6) is 0.809. The molecule has 3 aromatic rings. The molecule has 138 valence electrons. The molecular formula is C17H16ClF2N3O3. The fourth-order valence-electron chi connectivity index (χ4n) is 2.37. The molecule has 1 atom stereocenters. The highest BCUT2D eigenvalue weighted by atomic mass is 35.5. The van der Waals surface area contributed by atoms with Crippen LogP contribution in [-0.4, -0.2) is 21.7 Å². The van der Waals surface area contributed by atoms with Crippen LogP contribution in [0.25, 0.3) is 10.9 Å². The molecule has 1 aromatic carbocycles. The lowest BCUT2D eigenvalue weighted by atomic mass is 10.2. The van der Waals surface area contributed by atoms with Gasteiger partial charge in [-0.3, -0.25) is 0 Å². The molecule has 6 nitrogen and oxygen atoms in total. The van der Waals surface area contributed by atoms with E-state index in [-0.39, 0.29) is 30.0 Å². The Bertz CT molecular complexity index is 904. The van der Waals surface area contributed by atoms with E-state index in [2.05, 4.69) is 15.1 Å².